The fraction of sp³-hybridized carbons (Fsp3) is 0.867. The van der Waals surface area contributed by atoms with E-state index in [4.69, 9.17) is 4.74 Å². The Labute approximate surface area is 100 Å². The summed E-state index contributed by atoms with van der Waals surface area (Å²) in [5.74, 6) is 0. The third-order valence-corrected chi connectivity index (χ3v) is 6.44. The highest BCUT2D eigenvalue weighted by Crippen LogP contribution is 2.68. The molecule has 0 saturated carbocycles. The lowest BCUT2D eigenvalue weighted by Crippen LogP contribution is -2.48. The van der Waals surface area contributed by atoms with E-state index in [1.54, 1.807) is 0 Å². The van der Waals surface area contributed by atoms with Gasteiger partial charge in [-0.2, -0.15) is 0 Å². The number of fused-ring (bicyclic) bond motifs is 1. The molecule has 1 heterocycles. The fourth-order valence-corrected chi connectivity index (χ4v) is 4.02. The van der Waals surface area contributed by atoms with Crippen molar-refractivity contribution in [1.29, 1.82) is 0 Å². The molecule has 1 aliphatic heterocycles. The number of rotatable bonds is 0. The van der Waals surface area contributed by atoms with E-state index in [9.17, 15) is 0 Å². The average molecular weight is 222 g/mol. The average Bonchev–Trinajstić information content (AvgIpc) is 2.43. The van der Waals surface area contributed by atoms with Crippen molar-refractivity contribution in [3.63, 3.8) is 0 Å². The van der Waals surface area contributed by atoms with Crippen LogP contribution in [0, 0.1) is 16.2 Å². The molecule has 1 fully saturated rings. The molecule has 92 valence electrons. The van der Waals surface area contributed by atoms with Crippen molar-refractivity contribution in [2.75, 3.05) is 0 Å². The molecule has 2 rings (SSSR count). The second-order valence-corrected chi connectivity index (χ2v) is 7.02. The Kier molecular flexibility index (Phi) is 2.23. The van der Waals surface area contributed by atoms with Crippen LogP contribution in [-0.2, 0) is 4.74 Å². The quantitative estimate of drug-likeness (QED) is 0.559. The van der Waals surface area contributed by atoms with Crippen molar-refractivity contribution < 1.29 is 4.74 Å². The topological polar surface area (TPSA) is 9.23 Å². The van der Waals surface area contributed by atoms with Gasteiger partial charge in [0.05, 0.1) is 12.2 Å². The van der Waals surface area contributed by atoms with Crippen LogP contribution < -0.4 is 0 Å². The Balaban J connectivity index is 2.63. The molecule has 1 aliphatic carbocycles. The highest BCUT2D eigenvalue weighted by molar-refractivity contribution is 5.38. The second-order valence-electron chi connectivity index (χ2n) is 7.02. The molecule has 0 amide bonds. The van der Waals surface area contributed by atoms with Crippen LogP contribution in [0.15, 0.2) is 11.1 Å². The summed E-state index contributed by atoms with van der Waals surface area (Å²) in [5, 5.41) is 0. The summed E-state index contributed by atoms with van der Waals surface area (Å²) in [6, 6.07) is 0. The summed E-state index contributed by atoms with van der Waals surface area (Å²) in [5.41, 5.74) is 3.66. The van der Waals surface area contributed by atoms with Crippen LogP contribution in [0.5, 0.6) is 0 Å². The van der Waals surface area contributed by atoms with Crippen LogP contribution in [-0.4, -0.2) is 12.2 Å². The molecule has 16 heavy (non-hydrogen) atoms. The van der Waals surface area contributed by atoms with E-state index in [-0.39, 0.29) is 16.2 Å². The zero-order chi connectivity index (χ0) is 12.5. The summed E-state index contributed by atoms with van der Waals surface area (Å²) in [7, 11) is 0. The Bertz CT molecular complexity index is 362. The smallest absolute Gasteiger partial charge is 0.0856 e. The van der Waals surface area contributed by atoms with E-state index in [0.29, 0.717) is 12.2 Å². The van der Waals surface area contributed by atoms with E-state index in [1.165, 1.54) is 11.1 Å². The maximum atomic E-state index is 6.26. The molecule has 2 aliphatic rings. The van der Waals surface area contributed by atoms with Crippen LogP contribution in [0.1, 0.15) is 55.4 Å². The lowest BCUT2D eigenvalue weighted by molar-refractivity contribution is 0.0155. The van der Waals surface area contributed by atoms with Gasteiger partial charge in [-0.15, -0.1) is 0 Å². The molecule has 1 heteroatoms. The predicted octanol–water partition coefficient (Wildman–Crippen LogP) is 4.18. The Morgan fingerprint density at radius 2 is 1.50 bits per heavy atom. The highest BCUT2D eigenvalue weighted by atomic mass is 16.5. The zero-order valence-electron chi connectivity index (χ0n) is 12.1. The summed E-state index contributed by atoms with van der Waals surface area (Å²) in [6.07, 6.45) is 0.650. The van der Waals surface area contributed by atoms with Crippen molar-refractivity contribution in [1.82, 2.24) is 0 Å². The number of ether oxygens (including phenoxy) is 1. The van der Waals surface area contributed by atoms with Crippen LogP contribution in [0.2, 0.25) is 0 Å². The molecule has 0 radical (unpaired) electrons. The first-order valence-corrected chi connectivity index (χ1v) is 6.41. The van der Waals surface area contributed by atoms with Gasteiger partial charge in [0.1, 0.15) is 0 Å². The van der Waals surface area contributed by atoms with E-state index in [1.807, 2.05) is 0 Å². The van der Waals surface area contributed by atoms with Crippen molar-refractivity contribution in [3.05, 3.63) is 11.1 Å². The van der Waals surface area contributed by atoms with Crippen molar-refractivity contribution >= 4 is 0 Å². The Morgan fingerprint density at radius 1 is 1.00 bits per heavy atom. The zero-order valence-corrected chi connectivity index (χ0v) is 12.1. The van der Waals surface area contributed by atoms with Crippen molar-refractivity contribution in [3.8, 4) is 0 Å². The minimum Gasteiger partial charge on any atom is -0.370 e. The summed E-state index contributed by atoms with van der Waals surface area (Å²) in [6.45, 7) is 18.7. The van der Waals surface area contributed by atoms with Gasteiger partial charge >= 0.3 is 0 Å². The third-order valence-electron chi connectivity index (χ3n) is 6.44. The van der Waals surface area contributed by atoms with Gasteiger partial charge in [-0.3, -0.25) is 0 Å². The van der Waals surface area contributed by atoms with Gasteiger partial charge < -0.3 is 4.74 Å². The molecule has 0 N–H and O–H groups in total. The van der Waals surface area contributed by atoms with Crippen LogP contribution in [0.4, 0.5) is 0 Å². The van der Waals surface area contributed by atoms with Gasteiger partial charge in [-0.1, -0.05) is 40.2 Å². The van der Waals surface area contributed by atoms with E-state index >= 15 is 0 Å². The standard InChI is InChI=1S/C15H26O/c1-9-10(2)13(4,5)15(8)12(9)16-11(3)14(15,6)7/h11-12H,1-8H3/t11-,12+,15+/m0/s1. The molecule has 0 bridgehead atoms. The molecule has 0 spiro atoms. The molecule has 3 atom stereocenters. The first-order valence-electron chi connectivity index (χ1n) is 6.41. The van der Waals surface area contributed by atoms with Gasteiger partial charge in [-0.25, -0.2) is 0 Å². The molecule has 1 saturated heterocycles. The number of allylic oxidation sites excluding steroid dienone is 1. The SMILES string of the molecule is CC1=C(C)C(C)(C)[C@@]2(C)[C@@H]1O[C@@H](C)C2(C)C. The molecule has 0 unspecified atom stereocenters. The monoisotopic (exact) mass is 222 g/mol. The summed E-state index contributed by atoms with van der Waals surface area (Å²) >= 11 is 0. The normalized spacial score (nSPS) is 45.0. The molecule has 0 aromatic heterocycles. The molecular formula is C15H26O. The van der Waals surface area contributed by atoms with Crippen LogP contribution in [0.3, 0.4) is 0 Å². The van der Waals surface area contributed by atoms with Crippen molar-refractivity contribution in [2.24, 2.45) is 16.2 Å². The van der Waals surface area contributed by atoms with Gasteiger partial charge in [0.15, 0.2) is 0 Å². The van der Waals surface area contributed by atoms with Crippen LogP contribution >= 0.6 is 0 Å². The minimum atomic E-state index is 0.216. The Hall–Kier alpha value is -0.300. The predicted molar refractivity (Wildman–Crippen MR) is 68.4 cm³/mol. The van der Waals surface area contributed by atoms with Gasteiger partial charge in [-0.05, 0) is 37.2 Å². The second kappa shape index (κ2) is 2.93. The molecule has 1 nitrogen and oxygen atoms in total. The number of hydrogen-bond donors (Lipinski definition) is 0. The van der Waals surface area contributed by atoms with E-state index < -0.39 is 0 Å². The highest BCUT2D eigenvalue weighted by Gasteiger charge is 2.67. The maximum Gasteiger partial charge on any atom is 0.0856 e. The van der Waals surface area contributed by atoms with E-state index in [0.717, 1.165) is 0 Å². The summed E-state index contributed by atoms with van der Waals surface area (Å²) in [4.78, 5) is 0. The molecular weight excluding hydrogens is 196 g/mol. The van der Waals surface area contributed by atoms with Gasteiger partial charge in [0.25, 0.3) is 0 Å². The first kappa shape index (κ1) is 12.2. The largest absolute Gasteiger partial charge is 0.370 e. The van der Waals surface area contributed by atoms with E-state index in [2.05, 4.69) is 55.4 Å². The maximum absolute atomic E-state index is 6.26. The minimum absolute atomic E-state index is 0.216. The summed E-state index contributed by atoms with van der Waals surface area (Å²) < 4.78 is 6.26. The molecule has 0 aromatic carbocycles. The van der Waals surface area contributed by atoms with Gasteiger partial charge in [0, 0.05) is 5.41 Å². The van der Waals surface area contributed by atoms with Gasteiger partial charge in [0.2, 0.25) is 0 Å². The lowest BCUT2D eigenvalue weighted by atomic mass is 9.53. The molecule has 0 aromatic rings. The lowest BCUT2D eigenvalue weighted by Gasteiger charge is -2.49. The number of hydrogen-bond acceptors (Lipinski definition) is 1. The fourth-order valence-electron chi connectivity index (χ4n) is 4.02. The third kappa shape index (κ3) is 0.971. The van der Waals surface area contributed by atoms with Crippen LogP contribution in [0.25, 0.3) is 0 Å². The Morgan fingerprint density at radius 3 is 1.94 bits per heavy atom. The van der Waals surface area contributed by atoms with Crippen molar-refractivity contribution in [2.45, 2.75) is 67.6 Å². The first-order chi connectivity index (χ1) is 7.08.